The highest BCUT2D eigenvalue weighted by Gasteiger charge is 2.09. The highest BCUT2D eigenvalue weighted by atomic mass is 16.5. The molecule has 144 valence electrons. The molecule has 4 rings (SSSR count). The van der Waals surface area contributed by atoms with Gasteiger partial charge < -0.3 is 10.1 Å². The molecule has 0 unspecified atom stereocenters. The number of hydrogen-bond donors (Lipinski definition) is 1. The monoisotopic (exact) mass is 387 g/mol. The first kappa shape index (κ1) is 18.2. The Bertz CT molecular complexity index is 1140. The molecule has 0 radical (unpaired) electrons. The lowest BCUT2D eigenvalue weighted by atomic mass is 10.3. The Morgan fingerprint density at radius 1 is 1.03 bits per heavy atom. The van der Waals surface area contributed by atoms with E-state index in [9.17, 15) is 4.79 Å². The van der Waals surface area contributed by atoms with Crippen LogP contribution in [0, 0.1) is 13.8 Å². The quantitative estimate of drug-likeness (QED) is 0.560. The van der Waals surface area contributed by atoms with Gasteiger partial charge in [0.15, 0.2) is 5.82 Å². The van der Waals surface area contributed by atoms with E-state index < -0.39 is 0 Å². The number of nitrogens with zero attached hydrogens (tertiary/aromatic N) is 6. The van der Waals surface area contributed by atoms with Crippen LogP contribution in [0.2, 0.25) is 0 Å². The molecule has 0 aliphatic heterocycles. The first-order valence-electron chi connectivity index (χ1n) is 8.79. The van der Waals surface area contributed by atoms with Crippen molar-refractivity contribution in [3.63, 3.8) is 0 Å². The van der Waals surface area contributed by atoms with Crippen LogP contribution in [-0.4, -0.2) is 35.6 Å². The number of aromatic nitrogens is 6. The molecule has 0 saturated carbocycles. The molecule has 1 aromatic carbocycles. The Kier molecular flexibility index (Phi) is 4.93. The first-order valence-corrected chi connectivity index (χ1v) is 8.79. The molecule has 3 aromatic heterocycles. The van der Waals surface area contributed by atoms with Gasteiger partial charge >= 0.3 is 0 Å². The third-order valence-electron chi connectivity index (χ3n) is 3.98. The predicted molar refractivity (Wildman–Crippen MR) is 105 cm³/mol. The number of carbonyl (C=O) groups excluding carboxylic acids is 1. The zero-order chi connectivity index (χ0) is 20.2. The zero-order valence-electron chi connectivity index (χ0n) is 15.8. The predicted octanol–water partition coefficient (Wildman–Crippen LogP) is 3.11. The van der Waals surface area contributed by atoms with Crippen molar-refractivity contribution in [2.24, 2.45) is 0 Å². The minimum absolute atomic E-state index is 0.241. The summed E-state index contributed by atoms with van der Waals surface area (Å²) in [5.41, 5.74) is 2.72. The Balaban J connectivity index is 1.46. The van der Waals surface area contributed by atoms with Crippen molar-refractivity contribution in [2.45, 2.75) is 13.8 Å². The van der Waals surface area contributed by atoms with Crippen molar-refractivity contribution in [3.05, 3.63) is 78.4 Å². The second-order valence-corrected chi connectivity index (χ2v) is 6.22. The van der Waals surface area contributed by atoms with Crippen molar-refractivity contribution >= 4 is 11.6 Å². The standard InChI is InChI=1S/C20H17N7O2/c1-13-9-14(2)27(26-13)18-10-19(24-12-23-18)29-16-5-3-15(4-6-16)25-20(28)17-11-21-7-8-22-17/h3-12H,1-2H3,(H,25,28). The molecule has 0 fully saturated rings. The SMILES string of the molecule is Cc1cc(C)n(-c2cc(Oc3ccc(NC(=O)c4cnccn4)cc3)ncn2)n1. The highest BCUT2D eigenvalue weighted by molar-refractivity contribution is 6.02. The van der Waals surface area contributed by atoms with Gasteiger partial charge in [0.25, 0.3) is 5.91 Å². The van der Waals surface area contributed by atoms with Gasteiger partial charge in [-0.2, -0.15) is 5.10 Å². The molecule has 9 nitrogen and oxygen atoms in total. The van der Waals surface area contributed by atoms with E-state index in [1.807, 2.05) is 19.9 Å². The third kappa shape index (κ3) is 4.24. The summed E-state index contributed by atoms with van der Waals surface area (Å²) in [6.45, 7) is 3.88. The summed E-state index contributed by atoms with van der Waals surface area (Å²) in [5.74, 6) is 1.24. The number of rotatable bonds is 5. The van der Waals surface area contributed by atoms with E-state index in [0.717, 1.165) is 11.4 Å². The molecule has 0 bridgehead atoms. The lowest BCUT2D eigenvalue weighted by Gasteiger charge is -2.08. The van der Waals surface area contributed by atoms with Crippen LogP contribution in [0.3, 0.4) is 0 Å². The number of amides is 1. The van der Waals surface area contributed by atoms with Crippen molar-refractivity contribution in [3.8, 4) is 17.4 Å². The normalized spacial score (nSPS) is 10.6. The second kappa shape index (κ2) is 7.85. The molecule has 0 aliphatic rings. The number of nitrogens with one attached hydrogen (secondary N) is 1. The van der Waals surface area contributed by atoms with Crippen molar-refractivity contribution in [1.82, 2.24) is 29.7 Å². The second-order valence-electron chi connectivity index (χ2n) is 6.22. The minimum Gasteiger partial charge on any atom is -0.439 e. The Morgan fingerprint density at radius 2 is 1.86 bits per heavy atom. The van der Waals surface area contributed by atoms with Gasteiger partial charge in [0.05, 0.1) is 11.9 Å². The lowest BCUT2D eigenvalue weighted by molar-refractivity contribution is 0.102. The lowest BCUT2D eigenvalue weighted by Crippen LogP contribution is -2.13. The van der Waals surface area contributed by atoms with Crippen molar-refractivity contribution in [1.29, 1.82) is 0 Å². The van der Waals surface area contributed by atoms with Gasteiger partial charge in [-0.05, 0) is 44.2 Å². The van der Waals surface area contributed by atoms with Crippen LogP contribution in [0.5, 0.6) is 11.6 Å². The molecule has 4 aromatic rings. The molecular weight excluding hydrogens is 370 g/mol. The molecule has 3 heterocycles. The van der Waals surface area contributed by atoms with E-state index in [2.05, 4.69) is 30.4 Å². The Hall–Kier alpha value is -4.14. The smallest absolute Gasteiger partial charge is 0.275 e. The zero-order valence-corrected chi connectivity index (χ0v) is 15.8. The van der Waals surface area contributed by atoms with Gasteiger partial charge in [-0.1, -0.05) is 0 Å². The van der Waals surface area contributed by atoms with Crippen LogP contribution in [0.25, 0.3) is 5.82 Å². The fourth-order valence-corrected chi connectivity index (χ4v) is 2.70. The van der Waals surface area contributed by atoms with Gasteiger partial charge in [-0.15, -0.1) is 0 Å². The number of aryl methyl sites for hydroxylation is 2. The number of hydrogen-bond acceptors (Lipinski definition) is 7. The Morgan fingerprint density at radius 3 is 2.55 bits per heavy atom. The van der Waals surface area contributed by atoms with E-state index in [-0.39, 0.29) is 11.6 Å². The average molecular weight is 387 g/mol. The highest BCUT2D eigenvalue weighted by Crippen LogP contribution is 2.23. The van der Waals surface area contributed by atoms with E-state index in [4.69, 9.17) is 4.74 Å². The summed E-state index contributed by atoms with van der Waals surface area (Å²) >= 11 is 0. The van der Waals surface area contributed by atoms with E-state index in [1.165, 1.54) is 24.9 Å². The molecule has 29 heavy (non-hydrogen) atoms. The molecule has 0 aliphatic carbocycles. The summed E-state index contributed by atoms with van der Waals surface area (Å²) < 4.78 is 7.54. The molecule has 9 heteroatoms. The molecule has 1 N–H and O–H groups in total. The van der Waals surface area contributed by atoms with Crippen molar-refractivity contribution < 1.29 is 9.53 Å². The third-order valence-corrected chi connectivity index (χ3v) is 3.98. The average Bonchev–Trinajstić information content (AvgIpc) is 3.08. The van der Waals surface area contributed by atoms with Crippen molar-refractivity contribution in [2.75, 3.05) is 5.32 Å². The molecule has 1 amide bonds. The summed E-state index contributed by atoms with van der Waals surface area (Å²) in [6, 6.07) is 10.6. The molecule has 0 saturated heterocycles. The summed E-state index contributed by atoms with van der Waals surface area (Å²) in [6.07, 6.45) is 5.81. The molecule has 0 atom stereocenters. The van der Waals surface area contributed by atoms with Crippen LogP contribution in [-0.2, 0) is 0 Å². The number of anilines is 1. The van der Waals surface area contributed by atoms with E-state index in [1.54, 1.807) is 35.0 Å². The van der Waals surface area contributed by atoms with Crippen LogP contribution >= 0.6 is 0 Å². The first-order chi connectivity index (χ1) is 14.1. The summed E-state index contributed by atoms with van der Waals surface area (Å²) in [4.78, 5) is 28.4. The van der Waals surface area contributed by atoms with Gasteiger partial charge in [-0.25, -0.2) is 19.6 Å². The number of benzene rings is 1. The van der Waals surface area contributed by atoms with Gasteiger partial charge in [0.1, 0.15) is 17.8 Å². The maximum atomic E-state index is 12.1. The van der Waals surface area contributed by atoms with Crippen LogP contribution in [0.15, 0.2) is 61.3 Å². The van der Waals surface area contributed by atoms with Crippen LogP contribution in [0.4, 0.5) is 5.69 Å². The van der Waals surface area contributed by atoms with Crippen LogP contribution in [0.1, 0.15) is 21.9 Å². The van der Waals surface area contributed by atoms with Gasteiger partial charge in [0.2, 0.25) is 5.88 Å². The number of ether oxygens (including phenoxy) is 1. The van der Waals surface area contributed by atoms with E-state index >= 15 is 0 Å². The largest absolute Gasteiger partial charge is 0.439 e. The maximum Gasteiger partial charge on any atom is 0.275 e. The van der Waals surface area contributed by atoms with Gasteiger partial charge in [0, 0.05) is 29.8 Å². The van der Waals surface area contributed by atoms with Gasteiger partial charge in [-0.3, -0.25) is 9.78 Å². The Labute approximate surface area is 166 Å². The molecule has 0 spiro atoms. The summed E-state index contributed by atoms with van der Waals surface area (Å²) in [7, 11) is 0. The maximum absolute atomic E-state index is 12.1. The fourth-order valence-electron chi connectivity index (χ4n) is 2.70. The minimum atomic E-state index is -0.336. The number of carbonyl (C=O) groups is 1. The van der Waals surface area contributed by atoms with E-state index in [0.29, 0.717) is 23.1 Å². The fraction of sp³-hybridized carbons (Fsp3) is 0.100. The molecular formula is C20H17N7O2. The van der Waals surface area contributed by atoms with Crippen LogP contribution < -0.4 is 10.1 Å². The summed E-state index contributed by atoms with van der Waals surface area (Å²) in [5, 5.41) is 7.17. The topological polar surface area (TPSA) is 108 Å².